The molecule has 20 heavy (non-hydrogen) atoms. The Morgan fingerprint density at radius 3 is 2.55 bits per heavy atom. The van der Waals surface area contributed by atoms with Gasteiger partial charge in [0.25, 0.3) is 0 Å². The lowest BCUT2D eigenvalue weighted by atomic mass is 10.00. The first-order chi connectivity index (χ1) is 9.38. The molecular formula is C14H24N2O3S. The average Bonchev–Trinajstić information content (AvgIpc) is 2.36. The van der Waals surface area contributed by atoms with Gasteiger partial charge < -0.3 is 16.2 Å². The van der Waals surface area contributed by atoms with Crippen molar-refractivity contribution in [3.8, 4) is 0 Å². The molecule has 1 rings (SSSR count). The maximum absolute atomic E-state index is 11.4. The number of nitrogens with two attached hydrogens (primary N) is 1. The van der Waals surface area contributed by atoms with Crippen LogP contribution in [0.2, 0.25) is 0 Å². The van der Waals surface area contributed by atoms with Crippen LogP contribution in [0.15, 0.2) is 23.1 Å². The number of nitrogens with one attached hydrogen (secondary N) is 1. The normalized spacial score (nSPS) is 13.2. The summed E-state index contributed by atoms with van der Waals surface area (Å²) in [5.41, 5.74) is 7.03. The van der Waals surface area contributed by atoms with Crippen molar-refractivity contribution in [1.29, 1.82) is 0 Å². The highest BCUT2D eigenvalue weighted by molar-refractivity contribution is 7.90. The minimum Gasteiger partial charge on any atom is -0.397 e. The molecule has 0 fully saturated rings. The van der Waals surface area contributed by atoms with Gasteiger partial charge >= 0.3 is 0 Å². The maximum atomic E-state index is 11.4. The fraction of sp³-hybridized carbons (Fsp3) is 0.571. The number of rotatable bonds is 8. The lowest BCUT2D eigenvalue weighted by Crippen LogP contribution is -2.16. The molecule has 0 amide bonds. The molecule has 0 bridgehead atoms. The summed E-state index contributed by atoms with van der Waals surface area (Å²) in [5.74, 6) is 0.388. The lowest BCUT2D eigenvalue weighted by molar-refractivity contribution is 0.255. The Morgan fingerprint density at radius 1 is 1.35 bits per heavy atom. The van der Waals surface area contributed by atoms with Gasteiger partial charge in [-0.05, 0) is 37.0 Å². The number of hydrogen-bond acceptors (Lipinski definition) is 5. The van der Waals surface area contributed by atoms with Gasteiger partial charge in [0.2, 0.25) is 0 Å². The molecule has 5 nitrogen and oxygen atoms in total. The zero-order chi connectivity index (χ0) is 15.2. The second-order valence-corrected chi connectivity index (χ2v) is 7.08. The van der Waals surface area contributed by atoms with Gasteiger partial charge in [0, 0.05) is 19.4 Å². The second-order valence-electron chi connectivity index (χ2n) is 5.07. The third kappa shape index (κ3) is 5.02. The van der Waals surface area contributed by atoms with Gasteiger partial charge in [-0.3, -0.25) is 0 Å². The first-order valence-corrected chi connectivity index (χ1v) is 8.72. The molecule has 0 saturated heterocycles. The van der Waals surface area contributed by atoms with Crippen molar-refractivity contribution in [2.75, 3.05) is 30.5 Å². The summed E-state index contributed by atoms with van der Waals surface area (Å²) in [7, 11) is -3.23. The molecule has 1 atom stereocenters. The van der Waals surface area contributed by atoms with Crippen LogP contribution in [0.5, 0.6) is 0 Å². The van der Waals surface area contributed by atoms with Crippen LogP contribution in [-0.4, -0.2) is 32.9 Å². The molecule has 1 aromatic rings. The van der Waals surface area contributed by atoms with Crippen molar-refractivity contribution in [1.82, 2.24) is 0 Å². The first kappa shape index (κ1) is 16.8. The van der Waals surface area contributed by atoms with Crippen LogP contribution < -0.4 is 11.1 Å². The minimum atomic E-state index is -3.23. The number of hydrogen-bond donors (Lipinski definition) is 3. The van der Waals surface area contributed by atoms with E-state index in [0.717, 1.165) is 37.8 Å². The molecule has 4 N–H and O–H groups in total. The van der Waals surface area contributed by atoms with Crippen LogP contribution in [0.4, 0.5) is 11.4 Å². The van der Waals surface area contributed by atoms with Gasteiger partial charge in [-0.15, -0.1) is 0 Å². The van der Waals surface area contributed by atoms with Crippen LogP contribution in [0.1, 0.15) is 26.2 Å². The maximum Gasteiger partial charge on any atom is 0.175 e. The summed E-state index contributed by atoms with van der Waals surface area (Å²) in [4.78, 5) is 0.223. The Balaban J connectivity index is 2.73. The van der Waals surface area contributed by atoms with Gasteiger partial charge in [-0.2, -0.15) is 0 Å². The molecule has 0 aliphatic carbocycles. The predicted octanol–water partition coefficient (Wildman–Crippen LogP) is 1.88. The monoisotopic (exact) mass is 300 g/mol. The van der Waals surface area contributed by atoms with E-state index >= 15 is 0 Å². The summed E-state index contributed by atoms with van der Waals surface area (Å²) in [6.45, 7) is 3.01. The summed E-state index contributed by atoms with van der Waals surface area (Å²) in [5, 5.41) is 12.3. The summed E-state index contributed by atoms with van der Waals surface area (Å²) in [6.07, 6.45) is 4.01. The molecule has 0 aliphatic heterocycles. The van der Waals surface area contributed by atoms with Crippen LogP contribution in [0.25, 0.3) is 0 Å². The van der Waals surface area contributed by atoms with E-state index in [9.17, 15) is 8.42 Å². The smallest absolute Gasteiger partial charge is 0.175 e. The summed E-state index contributed by atoms with van der Waals surface area (Å²) in [6, 6.07) is 4.71. The van der Waals surface area contributed by atoms with Crippen LogP contribution in [-0.2, 0) is 9.84 Å². The van der Waals surface area contributed by atoms with Crippen molar-refractivity contribution >= 4 is 21.2 Å². The van der Waals surface area contributed by atoms with Crippen LogP contribution >= 0.6 is 0 Å². The van der Waals surface area contributed by atoms with Crippen molar-refractivity contribution < 1.29 is 13.5 Å². The topological polar surface area (TPSA) is 92.4 Å². The summed E-state index contributed by atoms with van der Waals surface area (Å²) < 4.78 is 22.9. The number of nitrogen functional groups attached to an aromatic ring is 1. The predicted molar refractivity (Wildman–Crippen MR) is 82.6 cm³/mol. The number of aliphatic hydroxyl groups is 1. The molecular weight excluding hydrogens is 276 g/mol. The number of sulfone groups is 1. The minimum absolute atomic E-state index is 0.175. The van der Waals surface area contributed by atoms with E-state index < -0.39 is 9.84 Å². The quantitative estimate of drug-likeness (QED) is 0.638. The number of benzene rings is 1. The van der Waals surface area contributed by atoms with Gasteiger partial charge in [0.05, 0.1) is 16.3 Å². The number of anilines is 2. The van der Waals surface area contributed by atoms with Gasteiger partial charge in [-0.1, -0.05) is 13.3 Å². The molecule has 6 heteroatoms. The zero-order valence-corrected chi connectivity index (χ0v) is 12.9. The van der Waals surface area contributed by atoms with Gasteiger partial charge in [0.15, 0.2) is 9.84 Å². The van der Waals surface area contributed by atoms with E-state index in [1.165, 1.54) is 6.07 Å². The molecule has 1 aromatic carbocycles. The van der Waals surface area contributed by atoms with Crippen molar-refractivity contribution in [3.05, 3.63) is 18.2 Å². The zero-order valence-electron chi connectivity index (χ0n) is 12.1. The highest BCUT2D eigenvalue weighted by Gasteiger charge is 2.11. The van der Waals surface area contributed by atoms with Gasteiger partial charge in [-0.25, -0.2) is 8.42 Å². The van der Waals surface area contributed by atoms with E-state index in [-0.39, 0.29) is 11.5 Å². The largest absolute Gasteiger partial charge is 0.397 e. The molecule has 1 unspecified atom stereocenters. The van der Waals surface area contributed by atoms with E-state index in [4.69, 9.17) is 10.8 Å². The third-order valence-corrected chi connectivity index (χ3v) is 4.38. The molecule has 0 heterocycles. The van der Waals surface area contributed by atoms with E-state index in [1.807, 2.05) is 0 Å². The molecule has 0 radical (unpaired) electrons. The Bertz CT molecular complexity index is 523. The standard InChI is InChI=1S/C14H24N2O3S/c1-3-4-11(7-8-17)10-16-14-6-5-12(9-13(14)15)20(2,18)19/h5-6,9,11,16-17H,3-4,7-8,10,15H2,1-2H3. The Labute approximate surface area is 121 Å². The molecule has 0 spiro atoms. The third-order valence-electron chi connectivity index (χ3n) is 3.27. The highest BCUT2D eigenvalue weighted by atomic mass is 32.2. The number of aliphatic hydroxyl groups excluding tert-OH is 1. The Hall–Kier alpha value is -1.27. The summed E-state index contributed by atoms with van der Waals surface area (Å²) >= 11 is 0. The fourth-order valence-electron chi connectivity index (χ4n) is 2.13. The fourth-order valence-corrected chi connectivity index (χ4v) is 2.78. The Kier molecular flexibility index (Phi) is 6.29. The molecule has 0 saturated carbocycles. The van der Waals surface area contributed by atoms with Crippen LogP contribution in [0, 0.1) is 5.92 Å². The SMILES string of the molecule is CCCC(CCO)CNc1ccc(S(C)(=O)=O)cc1N. The molecule has 0 aliphatic rings. The van der Waals surface area contributed by atoms with E-state index in [0.29, 0.717) is 11.6 Å². The lowest BCUT2D eigenvalue weighted by Gasteiger charge is -2.17. The molecule has 0 aromatic heterocycles. The van der Waals surface area contributed by atoms with Crippen molar-refractivity contribution in [2.24, 2.45) is 5.92 Å². The Morgan fingerprint density at radius 2 is 2.05 bits per heavy atom. The average molecular weight is 300 g/mol. The molecule has 114 valence electrons. The van der Waals surface area contributed by atoms with Crippen molar-refractivity contribution in [3.63, 3.8) is 0 Å². The van der Waals surface area contributed by atoms with Gasteiger partial charge in [0.1, 0.15) is 0 Å². The second kappa shape index (κ2) is 7.50. The van der Waals surface area contributed by atoms with E-state index in [1.54, 1.807) is 12.1 Å². The first-order valence-electron chi connectivity index (χ1n) is 6.82. The van der Waals surface area contributed by atoms with E-state index in [2.05, 4.69) is 12.2 Å². The van der Waals surface area contributed by atoms with Crippen LogP contribution in [0.3, 0.4) is 0 Å². The van der Waals surface area contributed by atoms with Crippen molar-refractivity contribution in [2.45, 2.75) is 31.1 Å². The highest BCUT2D eigenvalue weighted by Crippen LogP contribution is 2.23.